The number of carbonyl (C=O) groups excluding carboxylic acids is 1. The lowest BCUT2D eigenvalue weighted by Gasteiger charge is -2.17. The zero-order valence-corrected chi connectivity index (χ0v) is 16.2. The van der Waals surface area contributed by atoms with E-state index in [9.17, 15) is 4.79 Å². The lowest BCUT2D eigenvalue weighted by atomic mass is 9.97. The highest BCUT2D eigenvalue weighted by atomic mass is 16.2. The molecule has 0 fully saturated rings. The van der Waals surface area contributed by atoms with Gasteiger partial charge in [0.2, 0.25) is 5.82 Å². The maximum atomic E-state index is 12.7. The second kappa shape index (κ2) is 8.12. The van der Waals surface area contributed by atoms with Gasteiger partial charge < -0.3 is 5.32 Å². The minimum absolute atomic E-state index is 0.168. The van der Waals surface area contributed by atoms with Gasteiger partial charge in [0.1, 0.15) is 6.04 Å². The van der Waals surface area contributed by atoms with Gasteiger partial charge >= 0.3 is 0 Å². The van der Waals surface area contributed by atoms with E-state index in [1.165, 1.54) is 10.4 Å². The Hall–Kier alpha value is -3.02. The van der Waals surface area contributed by atoms with E-state index in [1.54, 1.807) is 6.92 Å². The van der Waals surface area contributed by atoms with E-state index >= 15 is 0 Å². The van der Waals surface area contributed by atoms with Crippen molar-refractivity contribution in [3.63, 3.8) is 0 Å². The number of benzene rings is 2. The number of aromatic nitrogens is 4. The zero-order valence-electron chi connectivity index (χ0n) is 16.2. The number of para-hydroxylation sites is 1. The molecule has 0 bridgehead atoms. The Morgan fingerprint density at radius 3 is 2.52 bits per heavy atom. The number of carbonyl (C=O) groups is 1. The van der Waals surface area contributed by atoms with Crippen LogP contribution in [-0.4, -0.2) is 26.1 Å². The van der Waals surface area contributed by atoms with Crippen molar-refractivity contribution >= 4 is 11.6 Å². The van der Waals surface area contributed by atoms with Crippen LogP contribution >= 0.6 is 0 Å². The topological polar surface area (TPSA) is 72.7 Å². The summed E-state index contributed by atoms with van der Waals surface area (Å²) in [6.45, 7) is 8.08. The molecular weight excluding hydrogens is 338 g/mol. The van der Waals surface area contributed by atoms with Crippen LogP contribution in [0.1, 0.15) is 50.3 Å². The lowest BCUT2D eigenvalue weighted by molar-refractivity contribution is -0.119. The fourth-order valence-corrected chi connectivity index (χ4v) is 2.81. The van der Waals surface area contributed by atoms with Crippen molar-refractivity contribution in [1.82, 2.24) is 20.2 Å². The van der Waals surface area contributed by atoms with Crippen LogP contribution < -0.4 is 5.32 Å². The van der Waals surface area contributed by atoms with Crippen LogP contribution in [0.5, 0.6) is 0 Å². The smallest absolute Gasteiger partial charge is 0.250 e. The Morgan fingerprint density at radius 2 is 1.81 bits per heavy atom. The number of aryl methyl sites for hydroxylation is 1. The van der Waals surface area contributed by atoms with E-state index in [0.29, 0.717) is 11.7 Å². The van der Waals surface area contributed by atoms with Crippen molar-refractivity contribution in [2.75, 3.05) is 5.32 Å². The Balaban J connectivity index is 1.76. The van der Waals surface area contributed by atoms with E-state index in [0.717, 1.165) is 23.2 Å². The summed E-state index contributed by atoms with van der Waals surface area (Å²) in [6, 6.07) is 15.2. The number of nitrogens with zero attached hydrogens (tertiary/aromatic N) is 4. The standard InChI is InChI=1S/C21H25N5O/c1-5-15(3)18-8-6-7-9-19(18)22-21(27)16(4)26-24-20(23-25-26)17-12-10-14(2)11-13-17/h6-13,15-16H,5H2,1-4H3,(H,22,27)/t15-,16-/m0/s1. The summed E-state index contributed by atoms with van der Waals surface area (Å²) in [5.41, 5.74) is 4.01. The molecule has 1 amide bonds. The molecule has 1 heterocycles. The number of rotatable bonds is 6. The first-order chi connectivity index (χ1) is 13.0. The fourth-order valence-electron chi connectivity index (χ4n) is 2.81. The number of nitrogens with one attached hydrogen (secondary N) is 1. The van der Waals surface area contributed by atoms with E-state index in [4.69, 9.17) is 0 Å². The molecule has 2 aromatic carbocycles. The number of hydrogen-bond acceptors (Lipinski definition) is 4. The number of tetrazole rings is 1. The maximum Gasteiger partial charge on any atom is 0.250 e. The molecule has 2 atom stereocenters. The summed E-state index contributed by atoms with van der Waals surface area (Å²) in [5.74, 6) is 0.711. The molecule has 6 heteroatoms. The molecule has 3 aromatic rings. The molecule has 3 rings (SSSR count). The number of anilines is 1. The lowest BCUT2D eigenvalue weighted by Crippen LogP contribution is -2.26. The first-order valence-corrected chi connectivity index (χ1v) is 9.26. The van der Waals surface area contributed by atoms with Gasteiger partial charge in [-0.25, -0.2) is 0 Å². The van der Waals surface area contributed by atoms with Crippen molar-refractivity contribution < 1.29 is 4.79 Å². The predicted octanol–water partition coefficient (Wildman–Crippen LogP) is 4.36. The highest BCUT2D eigenvalue weighted by Crippen LogP contribution is 2.27. The fraction of sp³-hybridized carbons (Fsp3) is 0.333. The van der Waals surface area contributed by atoms with Crippen LogP contribution in [0.2, 0.25) is 0 Å². The van der Waals surface area contributed by atoms with Crippen molar-refractivity contribution in [2.45, 2.75) is 46.1 Å². The van der Waals surface area contributed by atoms with Gasteiger partial charge in [-0.1, -0.05) is 61.9 Å². The molecular formula is C21H25N5O. The number of amides is 1. The van der Waals surface area contributed by atoms with E-state index in [1.807, 2.05) is 49.4 Å². The average molecular weight is 363 g/mol. The first-order valence-electron chi connectivity index (χ1n) is 9.26. The van der Waals surface area contributed by atoms with Gasteiger partial charge in [-0.3, -0.25) is 4.79 Å². The summed E-state index contributed by atoms with van der Waals surface area (Å²) >= 11 is 0. The molecule has 0 aliphatic rings. The van der Waals surface area contributed by atoms with Crippen LogP contribution in [0.25, 0.3) is 11.4 Å². The third-order valence-electron chi connectivity index (χ3n) is 4.83. The van der Waals surface area contributed by atoms with Gasteiger partial charge in [-0.2, -0.15) is 4.80 Å². The molecule has 0 spiro atoms. The van der Waals surface area contributed by atoms with Crippen LogP contribution in [0.15, 0.2) is 48.5 Å². The summed E-state index contributed by atoms with van der Waals surface area (Å²) in [7, 11) is 0. The van der Waals surface area contributed by atoms with Crippen molar-refractivity contribution in [3.05, 3.63) is 59.7 Å². The van der Waals surface area contributed by atoms with Crippen LogP contribution in [0.4, 0.5) is 5.69 Å². The van der Waals surface area contributed by atoms with Crippen molar-refractivity contribution in [1.29, 1.82) is 0 Å². The van der Waals surface area contributed by atoms with E-state index in [-0.39, 0.29) is 5.91 Å². The van der Waals surface area contributed by atoms with Gasteiger partial charge in [-0.15, -0.1) is 10.2 Å². The summed E-state index contributed by atoms with van der Waals surface area (Å²) in [6.07, 6.45) is 1.01. The molecule has 0 unspecified atom stereocenters. The van der Waals surface area contributed by atoms with Gasteiger partial charge in [0, 0.05) is 11.3 Å². The van der Waals surface area contributed by atoms with E-state index < -0.39 is 6.04 Å². The van der Waals surface area contributed by atoms with Gasteiger partial charge in [-0.05, 0) is 43.0 Å². The molecule has 0 aliphatic heterocycles. The third kappa shape index (κ3) is 4.22. The molecule has 1 aromatic heterocycles. The minimum atomic E-state index is -0.568. The Bertz CT molecular complexity index is 916. The molecule has 0 saturated heterocycles. The molecule has 0 saturated carbocycles. The quantitative estimate of drug-likeness (QED) is 0.706. The molecule has 27 heavy (non-hydrogen) atoms. The Kier molecular flexibility index (Phi) is 5.64. The Morgan fingerprint density at radius 1 is 1.11 bits per heavy atom. The van der Waals surface area contributed by atoms with Gasteiger partial charge in [0.25, 0.3) is 5.91 Å². The van der Waals surface area contributed by atoms with Crippen molar-refractivity contribution in [3.8, 4) is 11.4 Å². The zero-order chi connectivity index (χ0) is 19.4. The summed E-state index contributed by atoms with van der Waals surface area (Å²) < 4.78 is 0. The van der Waals surface area contributed by atoms with Gasteiger partial charge in [0.05, 0.1) is 0 Å². The molecule has 0 aliphatic carbocycles. The summed E-state index contributed by atoms with van der Waals surface area (Å²) in [4.78, 5) is 14.1. The predicted molar refractivity (Wildman–Crippen MR) is 106 cm³/mol. The number of hydrogen-bond donors (Lipinski definition) is 1. The van der Waals surface area contributed by atoms with Crippen molar-refractivity contribution in [2.24, 2.45) is 0 Å². The molecule has 6 nitrogen and oxygen atoms in total. The molecule has 140 valence electrons. The second-order valence-corrected chi connectivity index (χ2v) is 6.86. The van der Waals surface area contributed by atoms with Gasteiger partial charge in [0.15, 0.2) is 0 Å². The first kappa shape index (κ1) is 18.8. The maximum absolute atomic E-state index is 12.7. The second-order valence-electron chi connectivity index (χ2n) is 6.86. The minimum Gasteiger partial charge on any atom is -0.324 e. The monoisotopic (exact) mass is 363 g/mol. The molecule has 1 N–H and O–H groups in total. The third-order valence-corrected chi connectivity index (χ3v) is 4.83. The van der Waals surface area contributed by atoms with Crippen LogP contribution in [0, 0.1) is 6.92 Å². The highest BCUT2D eigenvalue weighted by Gasteiger charge is 2.20. The largest absolute Gasteiger partial charge is 0.324 e. The average Bonchev–Trinajstić information content (AvgIpc) is 3.17. The molecule has 0 radical (unpaired) electrons. The Labute approximate surface area is 159 Å². The summed E-state index contributed by atoms with van der Waals surface area (Å²) in [5, 5.41) is 15.5. The van der Waals surface area contributed by atoms with Crippen LogP contribution in [0.3, 0.4) is 0 Å². The van der Waals surface area contributed by atoms with E-state index in [2.05, 4.69) is 40.6 Å². The normalized spacial score (nSPS) is 13.2. The SMILES string of the molecule is CC[C@H](C)c1ccccc1NC(=O)[C@H](C)n1nnc(-c2ccc(C)cc2)n1. The highest BCUT2D eigenvalue weighted by molar-refractivity contribution is 5.94. The van der Waals surface area contributed by atoms with Crippen LogP contribution in [-0.2, 0) is 4.79 Å².